The van der Waals surface area contributed by atoms with Crippen LogP contribution in [0.3, 0.4) is 0 Å². The van der Waals surface area contributed by atoms with Gasteiger partial charge >= 0.3 is 6.03 Å². The number of hydrogen-bond acceptors (Lipinski definition) is 5. The van der Waals surface area contributed by atoms with Crippen LogP contribution in [0.1, 0.15) is 42.4 Å². The molecule has 0 bridgehead atoms. The molecule has 1 heterocycles. The molecule has 32 heavy (non-hydrogen) atoms. The fraction of sp³-hybridized carbons (Fsp3) is 0.320. The first-order valence-electron chi connectivity index (χ1n) is 10.7. The van der Waals surface area contributed by atoms with Gasteiger partial charge < -0.3 is 9.47 Å². The number of methoxy groups -OCH3 is 1. The molecule has 0 aromatic heterocycles. The lowest BCUT2D eigenvalue weighted by atomic mass is 10.0. The number of benzene rings is 2. The van der Waals surface area contributed by atoms with E-state index in [1.54, 1.807) is 18.2 Å². The minimum absolute atomic E-state index is 0.0630. The normalized spacial score (nSPS) is 18.2. The lowest BCUT2D eigenvalue weighted by Crippen LogP contribution is -2.57. The lowest BCUT2D eigenvalue weighted by Gasteiger charge is -2.31. The van der Waals surface area contributed by atoms with E-state index in [9.17, 15) is 14.4 Å². The van der Waals surface area contributed by atoms with Crippen LogP contribution in [0.25, 0.3) is 6.08 Å². The summed E-state index contributed by atoms with van der Waals surface area (Å²) in [5, 5.41) is 2.29. The second-order valence-electron chi connectivity index (χ2n) is 8.12. The van der Waals surface area contributed by atoms with Crippen molar-refractivity contribution in [2.75, 3.05) is 7.11 Å². The Bertz CT molecular complexity index is 1090. The molecule has 7 heteroatoms. The van der Waals surface area contributed by atoms with Crippen LogP contribution in [0, 0.1) is 6.92 Å². The van der Waals surface area contributed by atoms with E-state index >= 15 is 0 Å². The van der Waals surface area contributed by atoms with E-state index < -0.39 is 17.8 Å². The highest BCUT2D eigenvalue weighted by Gasteiger charge is 2.40. The lowest BCUT2D eigenvalue weighted by molar-refractivity contribution is -0.131. The van der Waals surface area contributed by atoms with Crippen molar-refractivity contribution in [1.82, 2.24) is 10.2 Å². The maximum atomic E-state index is 13.0. The second-order valence-corrected chi connectivity index (χ2v) is 8.12. The van der Waals surface area contributed by atoms with E-state index in [2.05, 4.69) is 11.4 Å². The summed E-state index contributed by atoms with van der Waals surface area (Å²) < 4.78 is 11.4. The molecule has 2 aliphatic rings. The van der Waals surface area contributed by atoms with E-state index in [0.717, 1.165) is 36.8 Å². The molecule has 1 aliphatic carbocycles. The molecule has 0 atom stereocenters. The van der Waals surface area contributed by atoms with Crippen LogP contribution in [0.4, 0.5) is 4.79 Å². The Morgan fingerprint density at radius 1 is 1.06 bits per heavy atom. The van der Waals surface area contributed by atoms with Crippen LogP contribution >= 0.6 is 0 Å². The maximum Gasteiger partial charge on any atom is 0.331 e. The summed E-state index contributed by atoms with van der Waals surface area (Å²) in [5.41, 5.74) is 2.73. The molecule has 1 aliphatic heterocycles. The molecule has 2 aromatic carbocycles. The number of aryl methyl sites for hydroxylation is 1. The Labute approximate surface area is 187 Å². The molecule has 0 spiro atoms. The number of hydrogen-bond donors (Lipinski definition) is 1. The van der Waals surface area contributed by atoms with Crippen LogP contribution in [0.5, 0.6) is 11.5 Å². The third-order valence-corrected chi connectivity index (χ3v) is 5.80. The first kappa shape index (κ1) is 21.6. The minimum Gasteiger partial charge on any atom is -0.493 e. The van der Waals surface area contributed by atoms with Gasteiger partial charge in [0.25, 0.3) is 11.8 Å². The molecule has 0 unspecified atom stereocenters. The number of amides is 4. The summed E-state index contributed by atoms with van der Waals surface area (Å²) in [6.07, 6.45) is 4.95. The molecule has 166 valence electrons. The summed E-state index contributed by atoms with van der Waals surface area (Å²) in [6.45, 7) is 2.41. The molecule has 2 fully saturated rings. The van der Waals surface area contributed by atoms with Crippen LogP contribution in [-0.2, 0) is 16.2 Å². The van der Waals surface area contributed by atoms with Crippen LogP contribution in [0.15, 0.2) is 48.0 Å². The molecule has 2 aromatic rings. The maximum absolute atomic E-state index is 13.0. The Morgan fingerprint density at radius 3 is 2.56 bits per heavy atom. The molecule has 1 saturated carbocycles. The van der Waals surface area contributed by atoms with Gasteiger partial charge in [0, 0.05) is 6.04 Å². The van der Waals surface area contributed by atoms with Crippen LogP contribution in [-0.4, -0.2) is 35.9 Å². The minimum atomic E-state index is -0.687. The summed E-state index contributed by atoms with van der Waals surface area (Å²) in [4.78, 5) is 38.8. The Kier molecular flexibility index (Phi) is 6.25. The molecule has 0 radical (unpaired) electrons. The standard InChI is InChI=1S/C25H26N2O5/c1-16-6-5-7-18(12-16)15-32-21-11-10-17(14-22(21)31-2)13-20-23(28)26-25(30)27(24(20)29)19-8-3-4-9-19/h5-7,10-14,19H,3-4,8-9,15H2,1-2H3,(H,26,28,30)/b20-13+. The summed E-state index contributed by atoms with van der Waals surface area (Å²) >= 11 is 0. The van der Waals surface area contributed by atoms with Gasteiger partial charge in [0.15, 0.2) is 11.5 Å². The molecule has 4 amide bonds. The van der Waals surface area contributed by atoms with Gasteiger partial charge in [0.1, 0.15) is 12.2 Å². The number of imide groups is 2. The number of urea groups is 1. The second kappa shape index (κ2) is 9.26. The van der Waals surface area contributed by atoms with Gasteiger partial charge in [-0.25, -0.2) is 4.79 Å². The third kappa shape index (κ3) is 4.51. The van der Waals surface area contributed by atoms with Gasteiger partial charge in [-0.05, 0) is 49.1 Å². The Morgan fingerprint density at radius 2 is 1.84 bits per heavy atom. The SMILES string of the molecule is COc1cc(/C=C2\C(=O)NC(=O)N(C3CCCC3)C2=O)ccc1OCc1cccc(C)c1. The van der Waals surface area contributed by atoms with Gasteiger partial charge in [0.05, 0.1) is 7.11 Å². The molecular formula is C25H26N2O5. The van der Waals surface area contributed by atoms with Crippen molar-refractivity contribution < 1.29 is 23.9 Å². The topological polar surface area (TPSA) is 84.9 Å². The number of nitrogens with one attached hydrogen (secondary N) is 1. The van der Waals surface area contributed by atoms with Crippen molar-refractivity contribution in [2.24, 2.45) is 0 Å². The monoisotopic (exact) mass is 434 g/mol. The highest BCUT2D eigenvalue weighted by atomic mass is 16.5. The number of nitrogens with zero attached hydrogens (tertiary/aromatic N) is 1. The predicted octanol–water partition coefficient (Wildman–Crippen LogP) is 3.99. The number of rotatable bonds is 6. The molecule has 1 saturated heterocycles. The number of carbonyl (C=O) groups is 3. The predicted molar refractivity (Wildman–Crippen MR) is 119 cm³/mol. The van der Waals surface area contributed by atoms with Gasteiger partial charge in [-0.3, -0.25) is 19.8 Å². The molecular weight excluding hydrogens is 408 g/mol. The molecule has 1 N–H and O–H groups in total. The summed E-state index contributed by atoms with van der Waals surface area (Å²) in [7, 11) is 1.53. The van der Waals surface area contributed by atoms with E-state index in [-0.39, 0.29) is 11.6 Å². The van der Waals surface area contributed by atoms with Gasteiger partial charge in [-0.2, -0.15) is 0 Å². The summed E-state index contributed by atoms with van der Waals surface area (Å²) in [5.74, 6) is -0.199. The van der Waals surface area contributed by atoms with Crippen LogP contribution in [0.2, 0.25) is 0 Å². The van der Waals surface area contributed by atoms with E-state index in [1.165, 1.54) is 18.1 Å². The average Bonchev–Trinajstić information content (AvgIpc) is 3.29. The van der Waals surface area contributed by atoms with Crippen molar-refractivity contribution in [3.63, 3.8) is 0 Å². The zero-order valence-corrected chi connectivity index (χ0v) is 18.2. The number of carbonyl (C=O) groups excluding carboxylic acids is 3. The largest absolute Gasteiger partial charge is 0.493 e. The highest BCUT2D eigenvalue weighted by molar-refractivity contribution is 6.31. The molecule has 7 nitrogen and oxygen atoms in total. The Balaban J connectivity index is 1.55. The third-order valence-electron chi connectivity index (χ3n) is 5.80. The van der Waals surface area contributed by atoms with Crippen molar-refractivity contribution in [2.45, 2.75) is 45.3 Å². The number of barbiturate groups is 1. The van der Waals surface area contributed by atoms with E-state index in [1.807, 2.05) is 25.1 Å². The zero-order valence-electron chi connectivity index (χ0n) is 18.2. The van der Waals surface area contributed by atoms with Crippen molar-refractivity contribution in [3.8, 4) is 11.5 Å². The number of ether oxygens (including phenoxy) is 2. The molecule has 4 rings (SSSR count). The fourth-order valence-electron chi connectivity index (χ4n) is 4.19. The fourth-order valence-corrected chi connectivity index (χ4v) is 4.19. The first-order chi connectivity index (χ1) is 15.5. The highest BCUT2D eigenvalue weighted by Crippen LogP contribution is 2.31. The summed E-state index contributed by atoms with van der Waals surface area (Å²) in [6, 6.07) is 12.4. The van der Waals surface area contributed by atoms with Crippen molar-refractivity contribution in [3.05, 3.63) is 64.7 Å². The zero-order chi connectivity index (χ0) is 22.7. The van der Waals surface area contributed by atoms with Crippen molar-refractivity contribution in [1.29, 1.82) is 0 Å². The van der Waals surface area contributed by atoms with Gasteiger partial charge in [-0.15, -0.1) is 0 Å². The van der Waals surface area contributed by atoms with Crippen molar-refractivity contribution >= 4 is 23.9 Å². The van der Waals surface area contributed by atoms with E-state index in [4.69, 9.17) is 9.47 Å². The smallest absolute Gasteiger partial charge is 0.331 e. The van der Waals surface area contributed by atoms with Gasteiger partial charge in [0.2, 0.25) is 0 Å². The van der Waals surface area contributed by atoms with E-state index in [0.29, 0.717) is 23.7 Å². The first-order valence-corrected chi connectivity index (χ1v) is 10.7. The van der Waals surface area contributed by atoms with Gasteiger partial charge in [-0.1, -0.05) is 48.7 Å². The Hall–Kier alpha value is -3.61. The quantitative estimate of drug-likeness (QED) is 0.549. The van der Waals surface area contributed by atoms with Crippen LogP contribution < -0.4 is 14.8 Å². The average molecular weight is 434 g/mol.